The maximum Gasteiger partial charge on any atom is 0.390 e. The van der Waals surface area contributed by atoms with E-state index >= 15 is 0 Å². The van der Waals surface area contributed by atoms with Gasteiger partial charge in [0.25, 0.3) is 0 Å². The van der Waals surface area contributed by atoms with Gasteiger partial charge in [-0.15, -0.1) is 0 Å². The fraction of sp³-hybridized carbons (Fsp3) is 0.0455. The first-order chi connectivity index (χ1) is 14.7. The van der Waals surface area contributed by atoms with E-state index in [9.17, 15) is 9.90 Å². The van der Waals surface area contributed by atoms with Gasteiger partial charge in [0, 0.05) is 24.7 Å². The van der Waals surface area contributed by atoms with Crippen molar-refractivity contribution in [2.45, 2.75) is 6.42 Å². The van der Waals surface area contributed by atoms with Crippen molar-refractivity contribution in [1.29, 1.82) is 0 Å². The summed E-state index contributed by atoms with van der Waals surface area (Å²) in [5, 5.41) is 19.6. The summed E-state index contributed by atoms with van der Waals surface area (Å²) < 4.78 is 1.84. The number of benzene rings is 1. The van der Waals surface area contributed by atoms with E-state index in [-0.39, 0.29) is 4.87 Å². The van der Waals surface area contributed by atoms with E-state index in [4.69, 9.17) is 0 Å². The highest BCUT2D eigenvalue weighted by molar-refractivity contribution is 7.11. The molecule has 1 aromatic carbocycles. The van der Waals surface area contributed by atoms with Gasteiger partial charge in [-0.3, -0.25) is 4.98 Å². The largest absolute Gasteiger partial charge is 0.857 e. The van der Waals surface area contributed by atoms with Crippen LogP contribution in [0.25, 0.3) is 5.82 Å². The smallest absolute Gasteiger partial charge is 0.390 e. The minimum absolute atomic E-state index is 0.215. The molecule has 0 saturated heterocycles. The summed E-state index contributed by atoms with van der Waals surface area (Å²) in [7, 11) is 0. The number of aromatic nitrogens is 3. The van der Waals surface area contributed by atoms with Crippen LogP contribution in [-0.4, -0.2) is 22.1 Å². The van der Waals surface area contributed by atoms with E-state index in [1.165, 1.54) is 24.2 Å². The van der Waals surface area contributed by atoms with Crippen LogP contribution in [0.2, 0.25) is 0 Å². The Labute approximate surface area is 176 Å². The van der Waals surface area contributed by atoms with Crippen molar-refractivity contribution >= 4 is 23.4 Å². The van der Waals surface area contributed by atoms with Crippen molar-refractivity contribution in [3.8, 4) is 5.82 Å². The molecule has 7 nitrogen and oxygen atoms in total. The molecular weight excluding hydrogens is 398 g/mol. The van der Waals surface area contributed by atoms with Crippen LogP contribution >= 0.6 is 11.3 Å². The molecule has 0 bridgehead atoms. The van der Waals surface area contributed by atoms with E-state index in [2.05, 4.69) is 32.3 Å². The van der Waals surface area contributed by atoms with E-state index in [0.29, 0.717) is 16.3 Å². The number of aromatic amines is 1. The summed E-state index contributed by atoms with van der Waals surface area (Å²) >= 11 is 1.00. The second-order valence-corrected chi connectivity index (χ2v) is 7.41. The molecule has 3 aromatic heterocycles. The topological polar surface area (TPSA) is 97.4 Å². The van der Waals surface area contributed by atoms with Crippen molar-refractivity contribution in [2.24, 2.45) is 10.2 Å². The first kappa shape index (κ1) is 19.4. The van der Waals surface area contributed by atoms with Crippen LogP contribution < -0.4 is 14.5 Å². The van der Waals surface area contributed by atoms with Crippen LogP contribution in [0.3, 0.4) is 0 Å². The van der Waals surface area contributed by atoms with Crippen LogP contribution in [0.4, 0.5) is 0 Å². The lowest BCUT2D eigenvalue weighted by molar-refractivity contribution is -0.599. The second-order valence-electron chi connectivity index (χ2n) is 6.39. The maximum atomic E-state index is 12.0. The zero-order valence-electron chi connectivity index (χ0n) is 15.8. The van der Waals surface area contributed by atoms with E-state index in [1.54, 1.807) is 12.1 Å². The highest BCUT2D eigenvalue weighted by Crippen LogP contribution is 2.10. The number of hydrogen-bond donors (Lipinski definition) is 1. The van der Waals surface area contributed by atoms with Crippen molar-refractivity contribution in [3.05, 3.63) is 111 Å². The highest BCUT2D eigenvalue weighted by Gasteiger charge is 2.16. The molecule has 3 heterocycles. The monoisotopic (exact) mass is 415 g/mol. The maximum absolute atomic E-state index is 12.0. The summed E-state index contributed by atoms with van der Waals surface area (Å²) in [5.74, 6) is 0.103. The van der Waals surface area contributed by atoms with Gasteiger partial charge in [-0.2, -0.15) is 15.2 Å². The normalized spacial score (nSPS) is 11.8. The Morgan fingerprint density at radius 1 is 1.10 bits per heavy atom. The van der Waals surface area contributed by atoms with Crippen LogP contribution in [-0.2, 0) is 6.42 Å². The quantitative estimate of drug-likeness (QED) is 0.225. The predicted octanol–water partition coefficient (Wildman–Crippen LogP) is 1.84. The molecule has 148 valence electrons. The Morgan fingerprint density at radius 3 is 2.67 bits per heavy atom. The first-order valence-corrected chi connectivity index (χ1v) is 9.97. The van der Waals surface area contributed by atoms with E-state index in [0.717, 1.165) is 23.3 Å². The Bertz CT molecular complexity index is 1250. The predicted molar refractivity (Wildman–Crippen MR) is 114 cm³/mol. The lowest BCUT2D eigenvalue weighted by Crippen LogP contribution is -2.32. The van der Waals surface area contributed by atoms with Crippen molar-refractivity contribution < 1.29 is 9.67 Å². The molecule has 0 amide bonds. The van der Waals surface area contributed by atoms with E-state index in [1.807, 2.05) is 47.3 Å². The van der Waals surface area contributed by atoms with Gasteiger partial charge >= 0.3 is 10.7 Å². The minimum Gasteiger partial charge on any atom is -0.857 e. The Hall–Kier alpha value is -3.91. The molecule has 0 fully saturated rings. The molecule has 0 aliphatic rings. The van der Waals surface area contributed by atoms with Gasteiger partial charge in [0.05, 0.1) is 18.6 Å². The SMILES string of the molecule is O=c1[nH]c(-[n+]2cccc(Cc3ccccc3)c2)c(/C=N/N=C(\[O-])c2ccncc2)s1. The van der Waals surface area contributed by atoms with Crippen molar-refractivity contribution in [3.63, 3.8) is 0 Å². The number of rotatable bonds is 6. The van der Waals surface area contributed by atoms with Gasteiger partial charge in [-0.25, -0.2) is 9.36 Å². The van der Waals surface area contributed by atoms with Crippen LogP contribution in [0.15, 0.2) is 94.4 Å². The van der Waals surface area contributed by atoms with Gasteiger partial charge < -0.3 is 5.11 Å². The molecule has 4 rings (SSSR count). The summed E-state index contributed by atoms with van der Waals surface area (Å²) in [6, 6.07) is 17.2. The number of H-pyrrole nitrogens is 1. The second kappa shape index (κ2) is 9.06. The molecule has 0 spiro atoms. The van der Waals surface area contributed by atoms with Crippen LogP contribution in [0.5, 0.6) is 0 Å². The summed E-state index contributed by atoms with van der Waals surface area (Å²) in [4.78, 5) is 19.0. The fourth-order valence-corrected chi connectivity index (χ4v) is 3.60. The molecule has 0 atom stereocenters. The van der Waals surface area contributed by atoms with Crippen molar-refractivity contribution in [2.75, 3.05) is 0 Å². The number of hydrogen-bond acceptors (Lipinski definition) is 6. The molecule has 0 saturated carbocycles. The Kier molecular flexibility index (Phi) is 5.86. The van der Waals surface area contributed by atoms with Crippen LogP contribution in [0.1, 0.15) is 21.6 Å². The molecule has 0 radical (unpaired) electrons. The Balaban J connectivity index is 1.59. The van der Waals surface area contributed by atoms with Gasteiger partial charge in [-0.05, 0) is 46.2 Å². The number of pyridine rings is 2. The average molecular weight is 415 g/mol. The van der Waals surface area contributed by atoms with Gasteiger partial charge in [0.1, 0.15) is 4.88 Å². The van der Waals surface area contributed by atoms with E-state index < -0.39 is 5.90 Å². The van der Waals surface area contributed by atoms with Gasteiger partial charge in [0.2, 0.25) is 0 Å². The number of nitrogens with zero attached hydrogens (tertiary/aromatic N) is 4. The molecule has 0 aliphatic carbocycles. The third-order valence-corrected chi connectivity index (χ3v) is 5.08. The third-order valence-electron chi connectivity index (χ3n) is 4.28. The fourth-order valence-electron chi connectivity index (χ4n) is 2.90. The molecule has 30 heavy (non-hydrogen) atoms. The molecule has 0 aliphatic heterocycles. The lowest BCUT2D eigenvalue weighted by atomic mass is 10.1. The highest BCUT2D eigenvalue weighted by atomic mass is 32.1. The minimum atomic E-state index is -0.476. The summed E-state index contributed by atoms with van der Waals surface area (Å²) in [6.07, 6.45) is 9.02. The summed E-state index contributed by atoms with van der Waals surface area (Å²) in [6.45, 7) is 0. The zero-order chi connectivity index (χ0) is 20.8. The zero-order valence-corrected chi connectivity index (χ0v) is 16.6. The number of thiazole rings is 1. The Morgan fingerprint density at radius 2 is 1.87 bits per heavy atom. The molecule has 8 heteroatoms. The third kappa shape index (κ3) is 4.73. The lowest BCUT2D eigenvalue weighted by Gasteiger charge is -2.06. The number of nitrogens with one attached hydrogen (secondary N) is 1. The molecular formula is C22H17N5O2S. The van der Waals surface area contributed by atoms with Crippen LogP contribution in [0, 0.1) is 0 Å². The molecule has 0 unspecified atom stereocenters. The molecule has 1 N–H and O–H groups in total. The van der Waals surface area contributed by atoms with Gasteiger partial charge in [0.15, 0.2) is 0 Å². The first-order valence-electron chi connectivity index (χ1n) is 9.15. The average Bonchev–Trinajstić information content (AvgIpc) is 3.15. The summed E-state index contributed by atoms with van der Waals surface area (Å²) in [5.41, 5.74) is 2.69. The standard InChI is InChI=1S/C22H17N5O2S/c28-21(18-8-10-23-11-9-18)26-24-14-19-20(25-22(29)30-19)27-12-4-7-17(15-27)13-16-5-2-1-3-6-16/h1-12,14-15H,13H2,(H-,23,24,25,26,28,29). The van der Waals surface area contributed by atoms with Gasteiger partial charge in [-0.1, -0.05) is 36.4 Å². The van der Waals surface area contributed by atoms with Crippen molar-refractivity contribution in [1.82, 2.24) is 9.97 Å². The molecule has 4 aromatic rings.